The Kier molecular flexibility index (Phi) is 1.55. The van der Waals surface area contributed by atoms with Crippen LogP contribution in [0.25, 0.3) is 10.9 Å². The Morgan fingerprint density at radius 2 is 2.15 bits per heavy atom. The zero-order valence-corrected chi connectivity index (χ0v) is 7.06. The highest BCUT2D eigenvalue weighted by molar-refractivity contribution is 6.01. The number of carbonyl (C=O) groups is 1. The number of benzene rings is 1. The molecule has 2 aromatic rings. The molecular formula is C9H8N2O2. The van der Waals surface area contributed by atoms with Crippen LogP contribution in [0.2, 0.25) is 0 Å². The topological polar surface area (TPSA) is 55.1 Å². The lowest BCUT2D eigenvalue weighted by molar-refractivity contribution is 0.0687. The molecule has 0 spiro atoms. The number of rotatable bonds is 1. The largest absolute Gasteiger partial charge is 0.477 e. The number of carboxylic acid groups (broad SMARTS) is 1. The van der Waals surface area contributed by atoms with Gasteiger partial charge >= 0.3 is 5.97 Å². The van der Waals surface area contributed by atoms with Gasteiger partial charge in [0.1, 0.15) is 0 Å². The predicted octanol–water partition coefficient (Wildman–Crippen LogP) is 1.27. The Hall–Kier alpha value is -1.84. The molecule has 4 nitrogen and oxygen atoms in total. The quantitative estimate of drug-likeness (QED) is 0.711. The average molecular weight is 176 g/mol. The number of carboxylic acids is 1. The number of aryl methyl sites for hydroxylation is 1. The van der Waals surface area contributed by atoms with Crippen molar-refractivity contribution < 1.29 is 9.90 Å². The number of aromatic nitrogens is 2. The third-order valence-electron chi connectivity index (χ3n) is 1.94. The van der Waals surface area contributed by atoms with Gasteiger partial charge in [-0.3, -0.25) is 4.68 Å². The minimum atomic E-state index is -0.948. The Bertz CT molecular complexity index is 473. The maximum absolute atomic E-state index is 10.8. The summed E-state index contributed by atoms with van der Waals surface area (Å²) in [6, 6.07) is 7.19. The first kappa shape index (κ1) is 7.79. The molecule has 0 aliphatic rings. The van der Waals surface area contributed by atoms with E-state index < -0.39 is 5.97 Å². The van der Waals surface area contributed by atoms with Crippen molar-refractivity contribution in [3.63, 3.8) is 0 Å². The van der Waals surface area contributed by atoms with Gasteiger partial charge in [-0.05, 0) is 6.07 Å². The number of nitrogens with zero attached hydrogens (tertiary/aromatic N) is 2. The van der Waals surface area contributed by atoms with Gasteiger partial charge in [-0.1, -0.05) is 18.2 Å². The van der Waals surface area contributed by atoms with Crippen LogP contribution >= 0.6 is 0 Å². The highest BCUT2D eigenvalue weighted by Gasteiger charge is 2.13. The minimum Gasteiger partial charge on any atom is -0.477 e. The fraction of sp³-hybridized carbons (Fsp3) is 0.111. The first-order valence-electron chi connectivity index (χ1n) is 3.85. The van der Waals surface area contributed by atoms with Crippen LogP contribution in [0.15, 0.2) is 24.3 Å². The molecule has 0 saturated heterocycles. The summed E-state index contributed by atoms with van der Waals surface area (Å²) in [5.74, 6) is -0.948. The van der Waals surface area contributed by atoms with Crippen molar-refractivity contribution >= 4 is 16.9 Å². The van der Waals surface area contributed by atoms with Crippen LogP contribution in [-0.2, 0) is 7.05 Å². The molecule has 1 aromatic heterocycles. The number of hydrogen-bond acceptors (Lipinski definition) is 2. The molecule has 0 unspecified atom stereocenters. The lowest BCUT2D eigenvalue weighted by atomic mass is 10.2. The van der Waals surface area contributed by atoms with Crippen LogP contribution in [0.4, 0.5) is 0 Å². The maximum atomic E-state index is 10.8. The molecule has 1 aromatic carbocycles. The van der Waals surface area contributed by atoms with Crippen molar-refractivity contribution in [2.45, 2.75) is 0 Å². The van der Waals surface area contributed by atoms with Crippen LogP contribution < -0.4 is 0 Å². The van der Waals surface area contributed by atoms with E-state index in [9.17, 15) is 4.79 Å². The zero-order valence-electron chi connectivity index (χ0n) is 7.06. The maximum Gasteiger partial charge on any atom is 0.354 e. The van der Waals surface area contributed by atoms with E-state index >= 15 is 0 Å². The van der Waals surface area contributed by atoms with Gasteiger partial charge in [-0.15, -0.1) is 0 Å². The summed E-state index contributed by atoms with van der Waals surface area (Å²) < 4.78 is 1.38. The standard InChI is InChI=1S/C9H8N2O2/c1-11-8(9(12)13)6-4-2-3-5-7(6)10-11/h2-5H,1H3,(H,12,13). The van der Waals surface area contributed by atoms with Crippen molar-refractivity contribution in [1.29, 1.82) is 0 Å². The van der Waals surface area contributed by atoms with E-state index in [-0.39, 0.29) is 5.69 Å². The van der Waals surface area contributed by atoms with Crippen LogP contribution in [0, 0.1) is 0 Å². The van der Waals surface area contributed by atoms with Crippen LogP contribution in [0.5, 0.6) is 0 Å². The molecule has 0 aliphatic heterocycles. The molecule has 0 radical (unpaired) electrons. The fourth-order valence-electron chi connectivity index (χ4n) is 1.40. The van der Waals surface area contributed by atoms with Gasteiger partial charge in [-0.25, -0.2) is 4.79 Å². The molecule has 0 saturated carbocycles. The van der Waals surface area contributed by atoms with E-state index in [1.807, 2.05) is 6.07 Å². The van der Waals surface area contributed by atoms with Crippen molar-refractivity contribution in [3.8, 4) is 0 Å². The minimum absolute atomic E-state index is 0.232. The smallest absolute Gasteiger partial charge is 0.354 e. The molecule has 4 heteroatoms. The Balaban J connectivity index is 2.86. The summed E-state index contributed by atoms with van der Waals surface area (Å²) in [4.78, 5) is 10.8. The van der Waals surface area contributed by atoms with Crippen molar-refractivity contribution in [2.75, 3.05) is 0 Å². The second kappa shape index (κ2) is 2.58. The molecule has 0 atom stereocenters. The highest BCUT2D eigenvalue weighted by atomic mass is 16.4. The molecular weight excluding hydrogens is 168 g/mol. The first-order chi connectivity index (χ1) is 6.20. The summed E-state index contributed by atoms with van der Waals surface area (Å²) in [6.07, 6.45) is 0. The second-order valence-corrected chi connectivity index (χ2v) is 2.79. The fourth-order valence-corrected chi connectivity index (χ4v) is 1.40. The number of fused-ring (bicyclic) bond motifs is 1. The van der Waals surface area contributed by atoms with Gasteiger partial charge in [0.05, 0.1) is 5.52 Å². The van der Waals surface area contributed by atoms with Gasteiger partial charge < -0.3 is 5.11 Å². The monoisotopic (exact) mass is 176 g/mol. The van der Waals surface area contributed by atoms with Gasteiger partial charge in [0, 0.05) is 12.4 Å². The lowest BCUT2D eigenvalue weighted by Gasteiger charge is -1.93. The molecule has 66 valence electrons. The number of aromatic carboxylic acids is 1. The molecule has 0 fully saturated rings. The van der Waals surface area contributed by atoms with E-state index in [0.29, 0.717) is 10.9 Å². The third kappa shape index (κ3) is 1.07. The van der Waals surface area contributed by atoms with Crippen LogP contribution in [0.1, 0.15) is 10.5 Å². The normalized spacial score (nSPS) is 10.5. The van der Waals surface area contributed by atoms with E-state index in [1.165, 1.54) is 4.68 Å². The van der Waals surface area contributed by atoms with Gasteiger partial charge in [-0.2, -0.15) is 5.10 Å². The third-order valence-corrected chi connectivity index (χ3v) is 1.94. The van der Waals surface area contributed by atoms with Crippen molar-refractivity contribution in [1.82, 2.24) is 9.78 Å². The van der Waals surface area contributed by atoms with Crippen molar-refractivity contribution in [3.05, 3.63) is 30.0 Å². The van der Waals surface area contributed by atoms with E-state index in [4.69, 9.17) is 5.11 Å². The Labute approximate surface area is 74.4 Å². The van der Waals surface area contributed by atoms with Gasteiger partial charge in [0.25, 0.3) is 0 Å². The average Bonchev–Trinajstić information content (AvgIpc) is 2.39. The SMILES string of the molecule is Cn1nc2ccccc2c1C(=O)O. The lowest BCUT2D eigenvalue weighted by Crippen LogP contribution is -2.05. The first-order valence-corrected chi connectivity index (χ1v) is 3.85. The van der Waals surface area contributed by atoms with E-state index in [2.05, 4.69) is 5.10 Å². The van der Waals surface area contributed by atoms with Gasteiger partial charge in [0.2, 0.25) is 0 Å². The van der Waals surface area contributed by atoms with E-state index in [0.717, 1.165) is 0 Å². The summed E-state index contributed by atoms with van der Waals surface area (Å²) in [7, 11) is 1.63. The molecule has 2 rings (SSSR count). The summed E-state index contributed by atoms with van der Waals surface area (Å²) >= 11 is 0. The van der Waals surface area contributed by atoms with Crippen molar-refractivity contribution in [2.24, 2.45) is 7.05 Å². The van der Waals surface area contributed by atoms with E-state index in [1.54, 1.807) is 25.2 Å². The highest BCUT2D eigenvalue weighted by Crippen LogP contribution is 2.16. The predicted molar refractivity (Wildman–Crippen MR) is 47.7 cm³/mol. The molecule has 0 aliphatic carbocycles. The van der Waals surface area contributed by atoms with Gasteiger partial charge in [0.15, 0.2) is 5.69 Å². The summed E-state index contributed by atoms with van der Waals surface area (Å²) in [6.45, 7) is 0. The summed E-state index contributed by atoms with van der Waals surface area (Å²) in [5.41, 5.74) is 0.943. The molecule has 0 bridgehead atoms. The second-order valence-electron chi connectivity index (χ2n) is 2.79. The molecule has 13 heavy (non-hydrogen) atoms. The number of hydrogen-bond donors (Lipinski definition) is 1. The molecule has 1 N–H and O–H groups in total. The Morgan fingerprint density at radius 1 is 1.46 bits per heavy atom. The Morgan fingerprint density at radius 3 is 2.85 bits per heavy atom. The molecule has 0 amide bonds. The molecule has 1 heterocycles. The van der Waals surface area contributed by atoms with Crippen LogP contribution in [0.3, 0.4) is 0 Å². The van der Waals surface area contributed by atoms with Crippen LogP contribution in [-0.4, -0.2) is 20.9 Å². The summed E-state index contributed by atoms with van der Waals surface area (Å²) in [5, 5.41) is 13.6. The zero-order chi connectivity index (χ0) is 9.42.